The molecule has 0 radical (unpaired) electrons. The Morgan fingerprint density at radius 2 is 2.08 bits per heavy atom. The van der Waals surface area contributed by atoms with E-state index in [0.29, 0.717) is 26.3 Å². The predicted octanol–water partition coefficient (Wildman–Crippen LogP) is 2.45. The molecule has 0 aromatic carbocycles. The predicted molar refractivity (Wildman–Crippen MR) is 94.2 cm³/mol. The summed E-state index contributed by atoms with van der Waals surface area (Å²) in [5.74, 6) is -0.00802. The maximum Gasteiger partial charge on any atom is 0.264 e. The summed E-state index contributed by atoms with van der Waals surface area (Å²) in [6.45, 7) is 8.42. The standard InChI is InChI=1S/C18H26N2O3S/c1-12(2)19-16(21)14-10-20(11-18(14)5-7-23-8-6-18)17(22)15-13(3)4-9-24-15/h4,9,12,14H,5-8,10-11H2,1-3H3,(H,19,21)/t14-/m0/s1. The van der Waals surface area contributed by atoms with Crippen molar-refractivity contribution < 1.29 is 14.3 Å². The first-order chi connectivity index (χ1) is 11.4. The molecule has 1 atom stereocenters. The maximum absolute atomic E-state index is 12.9. The molecule has 24 heavy (non-hydrogen) atoms. The van der Waals surface area contributed by atoms with E-state index in [2.05, 4.69) is 5.32 Å². The van der Waals surface area contributed by atoms with Crippen LogP contribution in [0.5, 0.6) is 0 Å². The van der Waals surface area contributed by atoms with Gasteiger partial charge in [-0.3, -0.25) is 9.59 Å². The number of rotatable bonds is 3. The first kappa shape index (κ1) is 17.4. The topological polar surface area (TPSA) is 58.6 Å². The number of hydrogen-bond donors (Lipinski definition) is 1. The van der Waals surface area contributed by atoms with E-state index in [1.165, 1.54) is 11.3 Å². The molecule has 0 aliphatic carbocycles. The number of carbonyl (C=O) groups excluding carboxylic acids is 2. The fourth-order valence-electron chi connectivity index (χ4n) is 3.89. The number of nitrogens with zero attached hydrogens (tertiary/aromatic N) is 1. The van der Waals surface area contributed by atoms with Crippen LogP contribution >= 0.6 is 11.3 Å². The van der Waals surface area contributed by atoms with Crippen molar-refractivity contribution in [1.29, 1.82) is 0 Å². The Labute approximate surface area is 147 Å². The molecule has 5 nitrogen and oxygen atoms in total. The highest BCUT2D eigenvalue weighted by atomic mass is 32.1. The largest absolute Gasteiger partial charge is 0.381 e. The van der Waals surface area contributed by atoms with Gasteiger partial charge in [0.2, 0.25) is 5.91 Å². The molecule has 1 aromatic heterocycles. The van der Waals surface area contributed by atoms with Gasteiger partial charge in [0.15, 0.2) is 0 Å². The zero-order chi connectivity index (χ0) is 17.3. The van der Waals surface area contributed by atoms with Crippen LogP contribution in [0, 0.1) is 18.3 Å². The third-order valence-corrected chi connectivity index (χ3v) is 6.23. The van der Waals surface area contributed by atoms with Crippen LogP contribution in [0.25, 0.3) is 0 Å². The first-order valence-corrected chi connectivity index (χ1v) is 9.52. The number of ether oxygens (including phenoxy) is 1. The van der Waals surface area contributed by atoms with Crippen LogP contribution in [0.4, 0.5) is 0 Å². The number of likely N-dealkylation sites (tertiary alicyclic amines) is 1. The molecule has 2 saturated heterocycles. The minimum atomic E-state index is -0.145. The van der Waals surface area contributed by atoms with Crippen molar-refractivity contribution in [2.45, 2.75) is 39.7 Å². The van der Waals surface area contributed by atoms with Gasteiger partial charge in [0.25, 0.3) is 5.91 Å². The summed E-state index contributed by atoms with van der Waals surface area (Å²) < 4.78 is 5.52. The van der Waals surface area contributed by atoms with Crippen LogP contribution in [0.3, 0.4) is 0 Å². The van der Waals surface area contributed by atoms with Gasteiger partial charge in [-0.2, -0.15) is 0 Å². The molecule has 2 amide bonds. The Bertz CT molecular complexity index is 620. The lowest BCUT2D eigenvalue weighted by atomic mass is 9.71. The molecule has 0 saturated carbocycles. The molecule has 3 rings (SSSR count). The number of amides is 2. The molecule has 3 heterocycles. The lowest BCUT2D eigenvalue weighted by molar-refractivity contribution is -0.130. The molecule has 1 N–H and O–H groups in total. The Hall–Kier alpha value is -1.40. The van der Waals surface area contributed by atoms with Crippen LogP contribution < -0.4 is 5.32 Å². The van der Waals surface area contributed by atoms with Crippen LogP contribution in [0.2, 0.25) is 0 Å². The average molecular weight is 350 g/mol. The summed E-state index contributed by atoms with van der Waals surface area (Å²) in [7, 11) is 0. The van der Waals surface area contributed by atoms with Gasteiger partial charge in [0.1, 0.15) is 0 Å². The fraction of sp³-hybridized carbons (Fsp3) is 0.667. The molecular weight excluding hydrogens is 324 g/mol. The highest BCUT2D eigenvalue weighted by molar-refractivity contribution is 7.12. The number of nitrogens with one attached hydrogen (secondary N) is 1. The summed E-state index contributed by atoms with van der Waals surface area (Å²) in [6.07, 6.45) is 1.69. The third-order valence-electron chi connectivity index (χ3n) is 5.23. The van der Waals surface area contributed by atoms with Gasteiger partial charge in [-0.1, -0.05) is 0 Å². The minimum Gasteiger partial charge on any atom is -0.381 e. The van der Waals surface area contributed by atoms with Gasteiger partial charge in [-0.15, -0.1) is 11.3 Å². The van der Waals surface area contributed by atoms with E-state index < -0.39 is 0 Å². The molecule has 0 bridgehead atoms. The van der Waals surface area contributed by atoms with E-state index in [0.717, 1.165) is 23.3 Å². The Morgan fingerprint density at radius 3 is 2.67 bits per heavy atom. The van der Waals surface area contributed by atoms with Crippen molar-refractivity contribution in [2.24, 2.45) is 11.3 Å². The van der Waals surface area contributed by atoms with Crippen molar-refractivity contribution in [3.05, 3.63) is 21.9 Å². The van der Waals surface area contributed by atoms with Gasteiger partial charge in [0.05, 0.1) is 10.8 Å². The second-order valence-electron chi connectivity index (χ2n) is 7.31. The molecule has 1 spiro atoms. The van der Waals surface area contributed by atoms with Crippen LogP contribution in [0.15, 0.2) is 11.4 Å². The summed E-state index contributed by atoms with van der Waals surface area (Å²) in [6, 6.07) is 2.08. The molecule has 2 fully saturated rings. The fourth-order valence-corrected chi connectivity index (χ4v) is 4.78. The van der Waals surface area contributed by atoms with Crippen LogP contribution in [-0.2, 0) is 9.53 Å². The van der Waals surface area contributed by atoms with Gasteiger partial charge in [0, 0.05) is 37.8 Å². The lowest BCUT2D eigenvalue weighted by Gasteiger charge is -2.37. The highest BCUT2D eigenvalue weighted by Crippen LogP contribution is 2.45. The smallest absolute Gasteiger partial charge is 0.264 e. The van der Waals surface area contributed by atoms with Gasteiger partial charge >= 0.3 is 0 Å². The number of carbonyl (C=O) groups is 2. The molecule has 6 heteroatoms. The molecule has 2 aliphatic rings. The van der Waals surface area contributed by atoms with Gasteiger partial charge in [-0.25, -0.2) is 0 Å². The van der Waals surface area contributed by atoms with E-state index in [1.54, 1.807) is 0 Å². The number of aryl methyl sites for hydroxylation is 1. The van der Waals surface area contributed by atoms with E-state index in [1.807, 2.05) is 37.1 Å². The van der Waals surface area contributed by atoms with Gasteiger partial charge < -0.3 is 15.0 Å². The molecular formula is C18H26N2O3S. The SMILES string of the molecule is Cc1ccsc1C(=O)N1C[C@@H](C(=O)NC(C)C)C2(CCOCC2)C1. The van der Waals surface area contributed by atoms with Crippen LogP contribution in [0.1, 0.15) is 41.9 Å². The third kappa shape index (κ3) is 3.22. The Balaban J connectivity index is 1.83. The normalized spacial score (nSPS) is 23.0. The maximum atomic E-state index is 12.9. The van der Waals surface area contributed by atoms with E-state index in [9.17, 15) is 9.59 Å². The van der Waals surface area contributed by atoms with Crippen molar-refractivity contribution >= 4 is 23.2 Å². The highest BCUT2D eigenvalue weighted by Gasteiger charge is 2.52. The zero-order valence-electron chi connectivity index (χ0n) is 14.6. The van der Waals surface area contributed by atoms with Gasteiger partial charge in [-0.05, 0) is 50.6 Å². The molecule has 0 unspecified atom stereocenters. The summed E-state index contributed by atoms with van der Waals surface area (Å²) in [5, 5.41) is 5.00. The van der Waals surface area contributed by atoms with E-state index in [-0.39, 0.29) is 29.2 Å². The van der Waals surface area contributed by atoms with Crippen molar-refractivity contribution in [3.63, 3.8) is 0 Å². The second kappa shape index (κ2) is 6.84. The van der Waals surface area contributed by atoms with Crippen molar-refractivity contribution in [3.8, 4) is 0 Å². The zero-order valence-corrected chi connectivity index (χ0v) is 15.4. The van der Waals surface area contributed by atoms with Crippen molar-refractivity contribution in [1.82, 2.24) is 10.2 Å². The first-order valence-electron chi connectivity index (χ1n) is 8.64. The summed E-state index contributed by atoms with van der Waals surface area (Å²) in [4.78, 5) is 28.4. The summed E-state index contributed by atoms with van der Waals surface area (Å²) in [5.41, 5.74) is 0.874. The molecule has 132 valence electrons. The summed E-state index contributed by atoms with van der Waals surface area (Å²) >= 11 is 1.48. The van der Waals surface area contributed by atoms with Crippen molar-refractivity contribution in [2.75, 3.05) is 26.3 Å². The molecule has 1 aromatic rings. The Kier molecular flexibility index (Phi) is 4.97. The monoisotopic (exact) mass is 350 g/mol. The lowest BCUT2D eigenvalue weighted by Crippen LogP contribution is -2.46. The minimum absolute atomic E-state index is 0.0632. The number of hydrogen-bond acceptors (Lipinski definition) is 4. The average Bonchev–Trinajstić information content (AvgIpc) is 3.11. The number of thiophene rings is 1. The quantitative estimate of drug-likeness (QED) is 0.911. The molecule has 2 aliphatic heterocycles. The van der Waals surface area contributed by atoms with Crippen LogP contribution in [-0.4, -0.2) is 49.1 Å². The van der Waals surface area contributed by atoms with E-state index in [4.69, 9.17) is 4.74 Å². The second-order valence-corrected chi connectivity index (χ2v) is 8.23. The Morgan fingerprint density at radius 1 is 1.38 bits per heavy atom. The van der Waals surface area contributed by atoms with E-state index >= 15 is 0 Å².